The van der Waals surface area contributed by atoms with Gasteiger partial charge in [-0.05, 0) is 47.7 Å². The number of phenols is 1. The topological polar surface area (TPSA) is 58.0 Å². The molecule has 2 aromatic heterocycles. The Morgan fingerprint density at radius 1 is 1.15 bits per heavy atom. The first kappa shape index (κ1) is 12.4. The molecule has 0 fully saturated rings. The molecular formula is C16H15N3O. The number of pyridine rings is 2. The van der Waals surface area contributed by atoms with Gasteiger partial charge in [-0.2, -0.15) is 0 Å². The monoisotopic (exact) mass is 265 g/mol. The number of anilines is 1. The van der Waals surface area contributed by atoms with Gasteiger partial charge in [0.1, 0.15) is 11.6 Å². The summed E-state index contributed by atoms with van der Waals surface area (Å²) in [7, 11) is 0. The minimum atomic E-state index is 0.242. The second kappa shape index (κ2) is 5.17. The summed E-state index contributed by atoms with van der Waals surface area (Å²) in [6.07, 6.45) is 5.40. The molecule has 4 heteroatoms. The Bertz CT molecular complexity index is 756. The number of nitrogens with one attached hydrogen (secondary N) is 1. The van der Waals surface area contributed by atoms with Crippen molar-refractivity contribution >= 4 is 16.6 Å². The lowest BCUT2D eigenvalue weighted by atomic mass is 10.1. The Morgan fingerprint density at radius 2 is 2.05 bits per heavy atom. The van der Waals surface area contributed by atoms with Crippen LogP contribution in [-0.2, 0) is 6.54 Å². The number of fused-ring (bicyclic) bond motifs is 1. The van der Waals surface area contributed by atoms with Gasteiger partial charge in [-0.1, -0.05) is 6.07 Å². The van der Waals surface area contributed by atoms with Gasteiger partial charge in [0.25, 0.3) is 0 Å². The predicted octanol–water partition coefficient (Wildman–Crippen LogP) is 3.26. The van der Waals surface area contributed by atoms with E-state index in [-0.39, 0.29) is 5.75 Å². The zero-order chi connectivity index (χ0) is 13.9. The van der Waals surface area contributed by atoms with E-state index in [2.05, 4.69) is 22.2 Å². The standard InChI is InChI=1S/C16H15N3O/c1-11-4-6-17-9-13(11)10-19-16-15-8-14(20)3-2-12(15)5-7-18-16/h2-9,20H,10H2,1H3,(H,18,19). The molecule has 20 heavy (non-hydrogen) atoms. The van der Waals surface area contributed by atoms with E-state index < -0.39 is 0 Å². The lowest BCUT2D eigenvalue weighted by Crippen LogP contribution is -2.03. The highest BCUT2D eigenvalue weighted by Gasteiger charge is 2.04. The molecule has 2 heterocycles. The second-order valence-electron chi connectivity index (χ2n) is 4.72. The zero-order valence-corrected chi connectivity index (χ0v) is 11.2. The molecule has 0 aliphatic carbocycles. The minimum Gasteiger partial charge on any atom is -0.508 e. The van der Waals surface area contributed by atoms with E-state index in [0.717, 1.165) is 22.2 Å². The van der Waals surface area contributed by atoms with Crippen molar-refractivity contribution in [2.45, 2.75) is 13.5 Å². The molecule has 0 unspecified atom stereocenters. The zero-order valence-electron chi connectivity index (χ0n) is 11.2. The first-order chi connectivity index (χ1) is 9.74. The van der Waals surface area contributed by atoms with Crippen molar-refractivity contribution in [2.24, 2.45) is 0 Å². The highest BCUT2D eigenvalue weighted by molar-refractivity contribution is 5.92. The molecular weight excluding hydrogens is 250 g/mol. The highest BCUT2D eigenvalue weighted by Crippen LogP contribution is 2.25. The Labute approximate surface area is 117 Å². The fourth-order valence-corrected chi connectivity index (χ4v) is 2.16. The van der Waals surface area contributed by atoms with E-state index >= 15 is 0 Å². The fourth-order valence-electron chi connectivity index (χ4n) is 2.16. The average molecular weight is 265 g/mol. The SMILES string of the molecule is Cc1ccncc1CNc1nccc2ccc(O)cc12. The predicted molar refractivity (Wildman–Crippen MR) is 79.7 cm³/mol. The van der Waals surface area contributed by atoms with Crippen LogP contribution < -0.4 is 5.32 Å². The number of aryl methyl sites for hydroxylation is 1. The van der Waals surface area contributed by atoms with Crippen molar-refractivity contribution in [3.05, 3.63) is 60.0 Å². The van der Waals surface area contributed by atoms with Crippen LogP contribution in [-0.4, -0.2) is 15.1 Å². The second-order valence-corrected chi connectivity index (χ2v) is 4.72. The summed E-state index contributed by atoms with van der Waals surface area (Å²) >= 11 is 0. The van der Waals surface area contributed by atoms with Crippen molar-refractivity contribution < 1.29 is 5.11 Å². The third-order valence-electron chi connectivity index (χ3n) is 3.34. The van der Waals surface area contributed by atoms with Gasteiger partial charge in [0.05, 0.1) is 0 Å². The third kappa shape index (κ3) is 2.40. The number of benzene rings is 1. The summed E-state index contributed by atoms with van der Waals surface area (Å²) in [5.41, 5.74) is 2.32. The quantitative estimate of drug-likeness (QED) is 0.763. The first-order valence-corrected chi connectivity index (χ1v) is 6.45. The van der Waals surface area contributed by atoms with Crippen LogP contribution in [0.5, 0.6) is 5.75 Å². The van der Waals surface area contributed by atoms with Crippen LogP contribution in [0.3, 0.4) is 0 Å². The molecule has 0 bridgehead atoms. The lowest BCUT2D eigenvalue weighted by Gasteiger charge is -2.10. The Hall–Kier alpha value is -2.62. The van der Waals surface area contributed by atoms with Crippen LogP contribution in [0.1, 0.15) is 11.1 Å². The molecule has 0 saturated heterocycles. The molecule has 100 valence electrons. The van der Waals surface area contributed by atoms with Crippen LogP contribution in [0.25, 0.3) is 10.8 Å². The molecule has 2 N–H and O–H groups in total. The van der Waals surface area contributed by atoms with Crippen LogP contribution in [0.15, 0.2) is 48.9 Å². The van der Waals surface area contributed by atoms with E-state index in [0.29, 0.717) is 6.54 Å². The largest absolute Gasteiger partial charge is 0.508 e. The highest BCUT2D eigenvalue weighted by atomic mass is 16.3. The van der Waals surface area contributed by atoms with Crippen molar-refractivity contribution in [1.82, 2.24) is 9.97 Å². The molecule has 0 aliphatic rings. The molecule has 0 spiro atoms. The number of phenolic OH excluding ortho intramolecular Hbond substituents is 1. The minimum absolute atomic E-state index is 0.242. The van der Waals surface area contributed by atoms with Crippen LogP contribution in [0.2, 0.25) is 0 Å². The molecule has 0 atom stereocenters. The first-order valence-electron chi connectivity index (χ1n) is 6.45. The van der Waals surface area contributed by atoms with Crippen LogP contribution >= 0.6 is 0 Å². The summed E-state index contributed by atoms with van der Waals surface area (Å²) in [4.78, 5) is 8.48. The van der Waals surface area contributed by atoms with Crippen molar-refractivity contribution in [3.63, 3.8) is 0 Å². The van der Waals surface area contributed by atoms with Gasteiger partial charge in [-0.25, -0.2) is 4.98 Å². The summed E-state index contributed by atoms with van der Waals surface area (Å²) in [6, 6.07) is 9.19. The van der Waals surface area contributed by atoms with Gasteiger partial charge in [-0.3, -0.25) is 4.98 Å². The van der Waals surface area contributed by atoms with Gasteiger partial charge in [0.2, 0.25) is 0 Å². The van der Waals surface area contributed by atoms with Gasteiger partial charge in [0, 0.05) is 30.5 Å². The molecule has 4 nitrogen and oxygen atoms in total. The maximum absolute atomic E-state index is 9.62. The van der Waals surface area contributed by atoms with Crippen molar-refractivity contribution in [3.8, 4) is 5.75 Å². The maximum Gasteiger partial charge on any atom is 0.134 e. The Kier molecular flexibility index (Phi) is 3.21. The number of hydrogen-bond donors (Lipinski definition) is 2. The number of hydrogen-bond acceptors (Lipinski definition) is 4. The molecule has 3 aromatic rings. The van der Waals surface area contributed by atoms with E-state index in [1.807, 2.05) is 24.4 Å². The molecule has 0 aliphatic heterocycles. The summed E-state index contributed by atoms with van der Waals surface area (Å²) in [5, 5.41) is 14.9. The van der Waals surface area contributed by atoms with Gasteiger partial charge < -0.3 is 10.4 Å². The number of rotatable bonds is 3. The molecule has 1 aromatic carbocycles. The van der Waals surface area contributed by atoms with E-state index in [4.69, 9.17) is 0 Å². The summed E-state index contributed by atoms with van der Waals surface area (Å²) in [5.74, 6) is 1.01. The fraction of sp³-hybridized carbons (Fsp3) is 0.125. The number of aromatic hydroxyl groups is 1. The number of aromatic nitrogens is 2. The van der Waals surface area contributed by atoms with E-state index in [9.17, 15) is 5.11 Å². The summed E-state index contributed by atoms with van der Waals surface area (Å²) in [6.45, 7) is 2.71. The number of nitrogens with zero attached hydrogens (tertiary/aromatic N) is 2. The lowest BCUT2D eigenvalue weighted by molar-refractivity contribution is 0.476. The normalized spacial score (nSPS) is 10.7. The van der Waals surface area contributed by atoms with Crippen molar-refractivity contribution in [1.29, 1.82) is 0 Å². The maximum atomic E-state index is 9.62. The van der Waals surface area contributed by atoms with Gasteiger partial charge in [0.15, 0.2) is 0 Å². The smallest absolute Gasteiger partial charge is 0.134 e. The average Bonchev–Trinajstić information content (AvgIpc) is 2.46. The Morgan fingerprint density at radius 3 is 2.90 bits per heavy atom. The summed E-state index contributed by atoms with van der Waals surface area (Å²) < 4.78 is 0. The van der Waals surface area contributed by atoms with Crippen LogP contribution in [0, 0.1) is 6.92 Å². The third-order valence-corrected chi connectivity index (χ3v) is 3.34. The van der Waals surface area contributed by atoms with Gasteiger partial charge >= 0.3 is 0 Å². The van der Waals surface area contributed by atoms with Gasteiger partial charge in [-0.15, -0.1) is 0 Å². The molecule has 0 radical (unpaired) electrons. The Balaban J connectivity index is 1.91. The van der Waals surface area contributed by atoms with E-state index in [1.54, 1.807) is 24.5 Å². The molecule has 0 saturated carbocycles. The van der Waals surface area contributed by atoms with Crippen LogP contribution in [0.4, 0.5) is 5.82 Å². The van der Waals surface area contributed by atoms with Crippen molar-refractivity contribution in [2.75, 3.05) is 5.32 Å². The molecule has 0 amide bonds. The van der Waals surface area contributed by atoms with E-state index in [1.165, 1.54) is 5.56 Å². The molecule has 3 rings (SSSR count).